The fraction of sp³-hybridized carbons (Fsp3) is 0.197. The lowest BCUT2D eigenvalue weighted by molar-refractivity contribution is 0.589. The van der Waals surface area contributed by atoms with Gasteiger partial charge in [-0.15, -0.1) is 0 Å². The fourth-order valence-corrected chi connectivity index (χ4v) is 12.3. The largest absolute Gasteiger partial charge is 0.456 e. The third-order valence-electron chi connectivity index (χ3n) is 15.8. The molecule has 0 N–H and O–H groups in total. The van der Waals surface area contributed by atoms with Gasteiger partial charge in [0.15, 0.2) is 0 Å². The summed E-state index contributed by atoms with van der Waals surface area (Å²) in [4.78, 5) is 8.11. The number of nitrogens with zero attached hydrogens (tertiary/aromatic N) is 4. The van der Waals surface area contributed by atoms with E-state index in [2.05, 4.69) is 222 Å². The van der Waals surface area contributed by atoms with E-state index in [1.165, 1.54) is 88.8 Å². The summed E-state index contributed by atoms with van der Waals surface area (Å²) in [5.41, 5.74) is 24.1. The number of hydrogen-bond donors (Lipinski definition) is 0. The number of aryl methyl sites for hydroxylation is 1. The zero-order valence-electron chi connectivity index (χ0n) is 39.6. The van der Waals surface area contributed by atoms with Crippen molar-refractivity contribution < 1.29 is 4.42 Å². The average Bonchev–Trinajstić information content (AvgIpc) is 4.02. The van der Waals surface area contributed by atoms with Gasteiger partial charge in [0.05, 0.1) is 22.1 Å². The molecule has 0 unspecified atom stereocenters. The second-order valence-corrected chi connectivity index (χ2v) is 22.1. The summed E-state index contributed by atoms with van der Waals surface area (Å²) in [6.07, 6.45) is 0. The van der Waals surface area contributed by atoms with Gasteiger partial charge in [-0.25, -0.2) is 4.98 Å². The smallest absolute Gasteiger partial charge is 0.333 e. The van der Waals surface area contributed by atoms with Crippen LogP contribution in [0.15, 0.2) is 150 Å². The molecule has 0 saturated carbocycles. The summed E-state index contributed by atoms with van der Waals surface area (Å²) in [7, 11) is 2.16. The van der Waals surface area contributed by atoms with Crippen LogP contribution in [-0.4, -0.2) is 21.0 Å². The Hall–Kier alpha value is -7.31. The normalized spacial score (nSPS) is 14.7. The summed E-state index contributed by atoms with van der Waals surface area (Å²) < 4.78 is 11.5. The van der Waals surface area contributed by atoms with Crippen LogP contribution in [-0.2, 0) is 23.3 Å². The zero-order valence-corrected chi connectivity index (χ0v) is 39.6. The van der Waals surface area contributed by atoms with Gasteiger partial charge in [0.25, 0.3) is 0 Å². The summed E-state index contributed by atoms with van der Waals surface area (Å²) in [6, 6.07) is 55.1. The number of aromatic nitrogens is 3. The van der Waals surface area contributed by atoms with Crippen molar-refractivity contribution in [2.24, 2.45) is 7.05 Å². The van der Waals surface area contributed by atoms with Gasteiger partial charge >= 0.3 is 6.85 Å². The van der Waals surface area contributed by atoms with Gasteiger partial charge in [0, 0.05) is 68.3 Å². The molecule has 67 heavy (non-hydrogen) atoms. The third kappa shape index (κ3) is 5.13. The van der Waals surface area contributed by atoms with E-state index in [0.717, 1.165) is 49.9 Å². The van der Waals surface area contributed by atoms with E-state index in [0.29, 0.717) is 0 Å². The number of anilines is 2. The van der Waals surface area contributed by atoms with E-state index in [1.54, 1.807) is 0 Å². The van der Waals surface area contributed by atoms with Crippen LogP contribution in [0.5, 0.6) is 0 Å². The van der Waals surface area contributed by atoms with Crippen LogP contribution in [0.4, 0.5) is 11.4 Å². The minimum absolute atomic E-state index is 0.0174. The summed E-state index contributed by atoms with van der Waals surface area (Å²) in [5, 5.41) is 4.76. The minimum atomic E-state index is -0.186. The molecule has 0 spiro atoms. The Balaban J connectivity index is 1.13. The van der Waals surface area contributed by atoms with Gasteiger partial charge in [-0.3, -0.25) is 0 Å². The van der Waals surface area contributed by atoms with Crippen LogP contribution in [0, 0.1) is 0 Å². The molecule has 1 aliphatic carbocycles. The first-order valence-electron chi connectivity index (χ1n) is 23.9. The molecular weight excluding hydrogens is 816 g/mol. The molecule has 324 valence electrons. The van der Waals surface area contributed by atoms with E-state index in [-0.39, 0.29) is 23.1 Å². The van der Waals surface area contributed by atoms with Crippen LogP contribution in [0.25, 0.3) is 94.1 Å². The highest BCUT2D eigenvalue weighted by Crippen LogP contribution is 2.55. The first-order chi connectivity index (χ1) is 32.1. The van der Waals surface area contributed by atoms with Gasteiger partial charge < -0.3 is 18.4 Å². The Morgan fingerprint density at radius 3 is 2.06 bits per heavy atom. The average molecular weight is 867 g/mol. The molecule has 8 aromatic carbocycles. The van der Waals surface area contributed by atoms with Crippen LogP contribution in [0.2, 0.25) is 0 Å². The highest BCUT2D eigenvalue weighted by atomic mass is 16.3. The molecule has 5 heterocycles. The van der Waals surface area contributed by atoms with E-state index in [9.17, 15) is 0 Å². The molecule has 5 nitrogen and oxygen atoms in total. The van der Waals surface area contributed by atoms with Crippen molar-refractivity contribution in [2.75, 3.05) is 4.81 Å². The lowest BCUT2D eigenvalue weighted by atomic mass is 9.44. The Morgan fingerprint density at radius 1 is 0.552 bits per heavy atom. The van der Waals surface area contributed by atoms with Crippen molar-refractivity contribution in [3.8, 4) is 39.3 Å². The molecule has 0 saturated heterocycles. The molecule has 11 aromatic rings. The second kappa shape index (κ2) is 12.8. The maximum atomic E-state index is 6.65. The lowest BCUT2D eigenvalue weighted by Gasteiger charge is -2.42. The van der Waals surface area contributed by atoms with Gasteiger partial charge in [0.2, 0.25) is 0 Å². The number of imidazole rings is 1. The van der Waals surface area contributed by atoms with Crippen LogP contribution >= 0.6 is 0 Å². The molecular formula is C61H51BN4O. The summed E-state index contributed by atoms with van der Waals surface area (Å²) >= 11 is 0. The van der Waals surface area contributed by atoms with Crippen LogP contribution in [0.1, 0.15) is 77.6 Å². The van der Waals surface area contributed by atoms with Crippen LogP contribution in [0.3, 0.4) is 0 Å². The Kier molecular flexibility index (Phi) is 7.42. The molecule has 6 heteroatoms. The Morgan fingerprint density at radius 2 is 1.28 bits per heavy atom. The van der Waals surface area contributed by atoms with Crippen molar-refractivity contribution in [3.63, 3.8) is 0 Å². The predicted molar refractivity (Wildman–Crippen MR) is 282 cm³/mol. The molecule has 0 radical (unpaired) electrons. The van der Waals surface area contributed by atoms with E-state index in [1.807, 2.05) is 0 Å². The minimum Gasteiger partial charge on any atom is -0.456 e. The Labute approximate surface area is 391 Å². The van der Waals surface area contributed by atoms with Crippen molar-refractivity contribution in [1.29, 1.82) is 0 Å². The number of fused-ring (bicyclic) bond motifs is 15. The Bertz CT molecular complexity index is 3980. The molecule has 3 aromatic heterocycles. The number of para-hydroxylation sites is 1. The maximum Gasteiger partial charge on any atom is 0.333 e. The molecule has 2 aliphatic heterocycles. The molecule has 14 rings (SSSR count). The first kappa shape index (κ1) is 38.9. The van der Waals surface area contributed by atoms with Gasteiger partial charge in [-0.1, -0.05) is 146 Å². The van der Waals surface area contributed by atoms with Crippen LogP contribution < -0.4 is 15.7 Å². The molecule has 3 aliphatic rings. The van der Waals surface area contributed by atoms with Crippen molar-refractivity contribution >= 4 is 83.9 Å². The summed E-state index contributed by atoms with van der Waals surface area (Å²) in [5.74, 6) is 0.957. The highest BCUT2D eigenvalue weighted by Gasteiger charge is 2.46. The molecule has 0 atom stereocenters. The van der Waals surface area contributed by atoms with E-state index >= 15 is 0 Å². The SMILES string of the molecule is Cn1c(-c2ccccc2)nc2cc3c(cc21)-n1c2cc4oc5ccccc5c4cc2c2ccc4c(c21)B3N(c1ccc(C(C)(C)C)cc1)c1cc2c(cc1-4)-c1cc(C(C)(C)C)ccc1C2(C)C. The molecule has 0 amide bonds. The quantitative estimate of drug-likeness (QED) is 0.163. The van der Waals surface area contributed by atoms with Crippen molar-refractivity contribution in [2.45, 2.75) is 71.6 Å². The summed E-state index contributed by atoms with van der Waals surface area (Å²) in [6.45, 7) is 18.6. The van der Waals surface area contributed by atoms with Crippen molar-refractivity contribution in [1.82, 2.24) is 14.1 Å². The highest BCUT2D eigenvalue weighted by molar-refractivity contribution is 6.93. The predicted octanol–water partition coefficient (Wildman–Crippen LogP) is 14.4. The van der Waals surface area contributed by atoms with E-state index in [4.69, 9.17) is 9.40 Å². The third-order valence-corrected chi connectivity index (χ3v) is 15.8. The monoisotopic (exact) mass is 866 g/mol. The van der Waals surface area contributed by atoms with E-state index < -0.39 is 0 Å². The number of benzene rings is 8. The molecule has 0 fully saturated rings. The zero-order chi connectivity index (χ0) is 45.6. The number of hydrogen-bond acceptors (Lipinski definition) is 3. The van der Waals surface area contributed by atoms with Crippen molar-refractivity contribution in [3.05, 3.63) is 168 Å². The number of rotatable bonds is 2. The maximum absolute atomic E-state index is 6.65. The first-order valence-corrected chi connectivity index (χ1v) is 23.9. The lowest BCUT2D eigenvalue weighted by Crippen LogP contribution is -2.60. The number of furan rings is 1. The van der Waals surface area contributed by atoms with Gasteiger partial charge in [-0.05, 0) is 109 Å². The van der Waals surface area contributed by atoms with Gasteiger partial charge in [0.1, 0.15) is 17.0 Å². The standard InChI is InChI=1S/C61H51BN4O/c1-59(2,3)35-19-22-37(23-20-35)66-51-30-47-42(41-27-36(60(4,5)6)21-26-46(41)61(47,7)8)28-43(51)39-24-25-40-44-29-45-38-17-13-14-18-54(38)67-55(45)33-50(44)65-52-32-53-49(31-48(52)62(66)56(39)57(40)65)63-58(64(53)9)34-15-11-10-12-16-34/h10-33H,1-9H3. The van der Waals surface area contributed by atoms with Gasteiger partial charge in [-0.2, -0.15) is 0 Å². The molecule has 0 bridgehead atoms. The topological polar surface area (TPSA) is 39.1 Å². The second-order valence-electron chi connectivity index (χ2n) is 22.1. The fourth-order valence-electron chi connectivity index (χ4n) is 12.3.